The second kappa shape index (κ2) is 8.03. The summed E-state index contributed by atoms with van der Waals surface area (Å²) in [7, 11) is 0. The van der Waals surface area contributed by atoms with E-state index in [1.54, 1.807) is 24.3 Å². The van der Waals surface area contributed by atoms with Crippen LogP contribution in [0.2, 0.25) is 0 Å². The van der Waals surface area contributed by atoms with Gasteiger partial charge in [-0.25, -0.2) is 9.59 Å². The van der Waals surface area contributed by atoms with Gasteiger partial charge in [-0.1, -0.05) is 48.5 Å². The van der Waals surface area contributed by atoms with Gasteiger partial charge in [-0.15, -0.1) is 0 Å². The van der Waals surface area contributed by atoms with Crippen LogP contribution in [-0.2, 0) is 25.5 Å². The quantitative estimate of drug-likeness (QED) is 0.822. The molecule has 27 heavy (non-hydrogen) atoms. The number of ether oxygens (including phenoxy) is 2. The normalized spacial score (nSPS) is 17.9. The van der Waals surface area contributed by atoms with Crippen molar-refractivity contribution in [1.29, 1.82) is 0 Å². The lowest BCUT2D eigenvalue weighted by Crippen LogP contribution is -2.42. The maximum Gasteiger partial charge on any atom is 0.348 e. The summed E-state index contributed by atoms with van der Waals surface area (Å²) in [6.07, 6.45) is -1.82. The first-order valence-electron chi connectivity index (χ1n) is 8.80. The van der Waals surface area contributed by atoms with Crippen LogP contribution in [0.4, 0.5) is 0 Å². The molecule has 6 nitrogen and oxygen atoms in total. The number of amides is 1. The van der Waals surface area contributed by atoms with Crippen LogP contribution in [0.3, 0.4) is 0 Å². The van der Waals surface area contributed by atoms with Gasteiger partial charge in [0, 0.05) is 6.42 Å². The molecular formula is C21H21NO5. The minimum Gasteiger partial charge on any atom is -0.450 e. The van der Waals surface area contributed by atoms with E-state index in [-0.39, 0.29) is 12.5 Å². The van der Waals surface area contributed by atoms with Gasteiger partial charge in [0.05, 0.1) is 11.6 Å². The van der Waals surface area contributed by atoms with Crippen molar-refractivity contribution in [3.8, 4) is 0 Å². The van der Waals surface area contributed by atoms with E-state index in [0.717, 1.165) is 11.1 Å². The van der Waals surface area contributed by atoms with Gasteiger partial charge in [-0.3, -0.25) is 4.79 Å². The SMILES string of the molecule is C[C@H](OC(=O)[C@@H]1Cc2ccccc2C(=O)O1)C(=O)N[C@@H](C)c1ccccc1. The molecule has 0 saturated heterocycles. The van der Waals surface area contributed by atoms with Crippen LogP contribution in [0.25, 0.3) is 0 Å². The van der Waals surface area contributed by atoms with Crippen molar-refractivity contribution in [1.82, 2.24) is 5.32 Å². The van der Waals surface area contributed by atoms with Crippen LogP contribution in [-0.4, -0.2) is 30.1 Å². The highest BCUT2D eigenvalue weighted by Gasteiger charge is 2.34. The highest BCUT2D eigenvalue weighted by atomic mass is 16.6. The number of benzene rings is 2. The van der Waals surface area contributed by atoms with Crippen molar-refractivity contribution in [2.75, 3.05) is 0 Å². The molecule has 0 aromatic heterocycles. The first kappa shape index (κ1) is 18.6. The molecule has 0 spiro atoms. The monoisotopic (exact) mass is 367 g/mol. The fourth-order valence-electron chi connectivity index (χ4n) is 2.92. The molecule has 2 aromatic rings. The number of hydrogen-bond acceptors (Lipinski definition) is 5. The summed E-state index contributed by atoms with van der Waals surface area (Å²) in [5.74, 6) is -1.70. The number of rotatable bonds is 5. The lowest BCUT2D eigenvalue weighted by atomic mass is 9.99. The van der Waals surface area contributed by atoms with Crippen LogP contribution in [0, 0.1) is 0 Å². The molecule has 0 radical (unpaired) electrons. The van der Waals surface area contributed by atoms with Crippen molar-refractivity contribution in [2.45, 2.75) is 38.5 Å². The average Bonchev–Trinajstić information content (AvgIpc) is 2.68. The number of carbonyl (C=O) groups is 3. The van der Waals surface area contributed by atoms with Crippen molar-refractivity contribution in [3.05, 3.63) is 71.3 Å². The van der Waals surface area contributed by atoms with Crippen LogP contribution in [0.5, 0.6) is 0 Å². The lowest BCUT2D eigenvalue weighted by Gasteiger charge is -2.25. The van der Waals surface area contributed by atoms with Crippen LogP contribution in [0.15, 0.2) is 54.6 Å². The zero-order valence-corrected chi connectivity index (χ0v) is 15.2. The van der Waals surface area contributed by atoms with Gasteiger partial charge in [0.15, 0.2) is 6.10 Å². The molecule has 0 fully saturated rings. The van der Waals surface area contributed by atoms with Crippen molar-refractivity contribution in [2.24, 2.45) is 0 Å². The topological polar surface area (TPSA) is 81.7 Å². The van der Waals surface area contributed by atoms with E-state index < -0.39 is 30.1 Å². The third-order valence-corrected chi connectivity index (χ3v) is 4.48. The minimum atomic E-state index is -1.05. The second-order valence-corrected chi connectivity index (χ2v) is 6.48. The Kier molecular flexibility index (Phi) is 5.54. The first-order valence-corrected chi connectivity index (χ1v) is 8.80. The summed E-state index contributed by atoms with van der Waals surface area (Å²) in [4.78, 5) is 36.7. The number of cyclic esters (lactones) is 1. The molecule has 0 unspecified atom stereocenters. The number of hydrogen-bond donors (Lipinski definition) is 1. The molecule has 140 valence electrons. The molecule has 2 aromatic carbocycles. The van der Waals surface area contributed by atoms with Gasteiger partial charge >= 0.3 is 11.9 Å². The fraction of sp³-hybridized carbons (Fsp3) is 0.286. The zero-order valence-electron chi connectivity index (χ0n) is 15.2. The Morgan fingerprint density at radius 2 is 1.74 bits per heavy atom. The standard InChI is InChI=1S/C21H21NO5/c1-13(15-8-4-3-5-9-15)22-19(23)14(2)26-21(25)18-12-16-10-6-7-11-17(16)20(24)27-18/h3-11,13-14,18H,12H2,1-2H3,(H,22,23)/t13-,14-,18-/m0/s1. The molecule has 0 saturated carbocycles. The number of esters is 2. The Hall–Kier alpha value is -3.15. The van der Waals surface area contributed by atoms with E-state index in [1.807, 2.05) is 37.3 Å². The fourth-order valence-corrected chi connectivity index (χ4v) is 2.92. The highest BCUT2D eigenvalue weighted by Crippen LogP contribution is 2.21. The van der Waals surface area contributed by atoms with Crippen LogP contribution < -0.4 is 5.32 Å². The van der Waals surface area contributed by atoms with E-state index >= 15 is 0 Å². The Labute approximate surface area is 157 Å². The maximum atomic E-state index is 12.3. The number of carbonyl (C=O) groups excluding carboxylic acids is 3. The Balaban J connectivity index is 1.57. The van der Waals surface area contributed by atoms with E-state index in [1.165, 1.54) is 6.92 Å². The van der Waals surface area contributed by atoms with Crippen molar-refractivity contribution in [3.63, 3.8) is 0 Å². The summed E-state index contributed by atoms with van der Waals surface area (Å²) in [5.41, 5.74) is 2.12. The molecular weight excluding hydrogens is 346 g/mol. The highest BCUT2D eigenvalue weighted by molar-refractivity contribution is 5.95. The molecule has 1 aliphatic rings. The zero-order chi connectivity index (χ0) is 19.4. The van der Waals surface area contributed by atoms with Gasteiger partial charge in [-0.2, -0.15) is 0 Å². The summed E-state index contributed by atoms with van der Waals surface area (Å²) < 4.78 is 10.4. The maximum absolute atomic E-state index is 12.3. The predicted molar refractivity (Wildman–Crippen MR) is 97.9 cm³/mol. The van der Waals surface area contributed by atoms with Crippen LogP contribution >= 0.6 is 0 Å². The summed E-state index contributed by atoms with van der Waals surface area (Å²) in [5, 5.41) is 2.80. The van der Waals surface area contributed by atoms with Gasteiger partial charge in [0.2, 0.25) is 6.10 Å². The van der Waals surface area contributed by atoms with Gasteiger partial charge in [0.1, 0.15) is 0 Å². The molecule has 1 aliphatic heterocycles. The van der Waals surface area contributed by atoms with E-state index in [0.29, 0.717) is 5.56 Å². The number of nitrogens with one attached hydrogen (secondary N) is 1. The number of fused-ring (bicyclic) bond motifs is 1. The van der Waals surface area contributed by atoms with Crippen molar-refractivity contribution < 1.29 is 23.9 Å². The Morgan fingerprint density at radius 1 is 1.07 bits per heavy atom. The largest absolute Gasteiger partial charge is 0.450 e. The molecule has 0 aliphatic carbocycles. The second-order valence-electron chi connectivity index (χ2n) is 6.48. The smallest absolute Gasteiger partial charge is 0.348 e. The van der Waals surface area contributed by atoms with Crippen molar-refractivity contribution >= 4 is 17.8 Å². The molecule has 1 N–H and O–H groups in total. The predicted octanol–water partition coefficient (Wildman–Crippen LogP) is 2.58. The van der Waals surface area contributed by atoms with Gasteiger partial charge < -0.3 is 14.8 Å². The molecule has 6 heteroatoms. The molecule has 3 atom stereocenters. The third kappa shape index (κ3) is 4.34. The van der Waals surface area contributed by atoms with Gasteiger partial charge in [0.25, 0.3) is 5.91 Å². The average molecular weight is 367 g/mol. The minimum absolute atomic E-state index is 0.223. The third-order valence-electron chi connectivity index (χ3n) is 4.48. The van der Waals surface area contributed by atoms with E-state index in [9.17, 15) is 14.4 Å². The summed E-state index contributed by atoms with van der Waals surface area (Å²) in [6, 6.07) is 16.2. The Morgan fingerprint density at radius 3 is 2.48 bits per heavy atom. The summed E-state index contributed by atoms with van der Waals surface area (Å²) >= 11 is 0. The Bertz CT molecular complexity index is 849. The van der Waals surface area contributed by atoms with E-state index in [2.05, 4.69) is 5.32 Å². The van der Waals surface area contributed by atoms with Gasteiger partial charge in [-0.05, 0) is 31.0 Å². The first-order chi connectivity index (χ1) is 13.0. The molecule has 1 heterocycles. The molecule has 3 rings (SSSR count). The molecule has 0 bridgehead atoms. The van der Waals surface area contributed by atoms with Crippen LogP contribution in [0.1, 0.15) is 41.4 Å². The van der Waals surface area contributed by atoms with E-state index in [4.69, 9.17) is 9.47 Å². The molecule has 1 amide bonds. The summed E-state index contributed by atoms with van der Waals surface area (Å²) in [6.45, 7) is 3.34. The lowest BCUT2D eigenvalue weighted by molar-refractivity contribution is -0.163.